The predicted molar refractivity (Wildman–Crippen MR) is 84.8 cm³/mol. The molecule has 1 amide bonds. The van der Waals surface area contributed by atoms with Gasteiger partial charge in [-0.3, -0.25) is 4.79 Å². The van der Waals surface area contributed by atoms with Crippen molar-refractivity contribution < 1.29 is 17.9 Å². The van der Waals surface area contributed by atoms with E-state index in [-0.39, 0.29) is 30.0 Å². The molecule has 1 heterocycles. The lowest BCUT2D eigenvalue weighted by molar-refractivity contribution is -0.120. The average molecular weight is 326 g/mol. The summed E-state index contributed by atoms with van der Waals surface area (Å²) < 4.78 is 27.7. The first-order valence-corrected chi connectivity index (χ1v) is 9.14. The number of rotatable bonds is 7. The molecule has 0 aliphatic carbocycles. The number of ether oxygens (including phenoxy) is 1. The lowest BCUT2D eigenvalue weighted by atomic mass is 10.1. The summed E-state index contributed by atoms with van der Waals surface area (Å²) in [6, 6.07) is 7.61. The normalized spacial score (nSPS) is 19.8. The Bertz CT molecular complexity index is 598. The van der Waals surface area contributed by atoms with Gasteiger partial charge in [0.2, 0.25) is 5.91 Å². The molecule has 6 nitrogen and oxygen atoms in total. The van der Waals surface area contributed by atoms with Crippen LogP contribution in [0.4, 0.5) is 0 Å². The zero-order valence-electron chi connectivity index (χ0n) is 12.7. The van der Waals surface area contributed by atoms with Crippen LogP contribution in [0.5, 0.6) is 5.75 Å². The van der Waals surface area contributed by atoms with Crippen LogP contribution in [0.25, 0.3) is 0 Å². The SMILES string of the molecule is COc1ccc(CCNC(=O)CNC2CCS(=O)(=O)C2)cc1. The Morgan fingerprint density at radius 3 is 2.64 bits per heavy atom. The van der Waals surface area contributed by atoms with Gasteiger partial charge in [0.05, 0.1) is 25.2 Å². The van der Waals surface area contributed by atoms with Crippen molar-refractivity contribution in [3.8, 4) is 5.75 Å². The molecule has 7 heteroatoms. The molecular formula is C15H22N2O4S. The summed E-state index contributed by atoms with van der Waals surface area (Å²) >= 11 is 0. The summed E-state index contributed by atoms with van der Waals surface area (Å²) in [6.07, 6.45) is 1.33. The number of hydrogen-bond donors (Lipinski definition) is 2. The van der Waals surface area contributed by atoms with E-state index in [4.69, 9.17) is 4.74 Å². The van der Waals surface area contributed by atoms with Crippen LogP contribution in [0.2, 0.25) is 0 Å². The Kier molecular flexibility index (Phi) is 5.79. The van der Waals surface area contributed by atoms with Gasteiger partial charge in [-0.2, -0.15) is 0 Å². The van der Waals surface area contributed by atoms with Crippen LogP contribution in [0.3, 0.4) is 0 Å². The molecule has 1 unspecified atom stereocenters. The maximum absolute atomic E-state index is 11.7. The van der Waals surface area contributed by atoms with E-state index in [1.54, 1.807) is 7.11 Å². The zero-order chi connectivity index (χ0) is 16.0. The monoisotopic (exact) mass is 326 g/mol. The number of methoxy groups -OCH3 is 1. The van der Waals surface area contributed by atoms with E-state index in [1.165, 1.54) is 0 Å². The maximum Gasteiger partial charge on any atom is 0.233 e. The van der Waals surface area contributed by atoms with Gasteiger partial charge in [0.25, 0.3) is 0 Å². The van der Waals surface area contributed by atoms with Crippen molar-refractivity contribution in [2.24, 2.45) is 0 Å². The minimum atomic E-state index is -2.91. The third kappa shape index (κ3) is 5.31. The molecule has 1 aromatic rings. The fraction of sp³-hybridized carbons (Fsp3) is 0.533. The van der Waals surface area contributed by atoms with Crippen molar-refractivity contribution >= 4 is 15.7 Å². The summed E-state index contributed by atoms with van der Waals surface area (Å²) in [5, 5.41) is 5.82. The molecule has 0 spiro atoms. The first-order valence-electron chi connectivity index (χ1n) is 7.32. The average Bonchev–Trinajstić information content (AvgIpc) is 2.85. The van der Waals surface area contributed by atoms with Crippen molar-refractivity contribution in [3.05, 3.63) is 29.8 Å². The van der Waals surface area contributed by atoms with Crippen LogP contribution in [0, 0.1) is 0 Å². The summed E-state index contributed by atoms with van der Waals surface area (Å²) in [4.78, 5) is 11.7. The number of nitrogens with one attached hydrogen (secondary N) is 2. The molecule has 0 radical (unpaired) electrons. The number of sulfone groups is 1. The molecule has 1 saturated heterocycles. The zero-order valence-corrected chi connectivity index (χ0v) is 13.5. The minimum absolute atomic E-state index is 0.0997. The Morgan fingerprint density at radius 1 is 1.32 bits per heavy atom. The van der Waals surface area contributed by atoms with Crippen LogP contribution >= 0.6 is 0 Å². The lowest BCUT2D eigenvalue weighted by Gasteiger charge is -2.11. The molecule has 1 fully saturated rings. The fourth-order valence-electron chi connectivity index (χ4n) is 2.39. The molecule has 0 bridgehead atoms. The van der Waals surface area contributed by atoms with Crippen LogP contribution < -0.4 is 15.4 Å². The summed E-state index contributed by atoms with van der Waals surface area (Å²) in [5.41, 5.74) is 1.12. The van der Waals surface area contributed by atoms with Crippen molar-refractivity contribution in [2.75, 3.05) is 31.7 Å². The van der Waals surface area contributed by atoms with Crippen LogP contribution in [-0.4, -0.2) is 52.1 Å². The van der Waals surface area contributed by atoms with Gasteiger partial charge in [0, 0.05) is 12.6 Å². The van der Waals surface area contributed by atoms with Gasteiger partial charge in [-0.05, 0) is 30.5 Å². The molecule has 2 rings (SSSR count). The Hall–Kier alpha value is -1.60. The molecule has 2 N–H and O–H groups in total. The van der Waals surface area contributed by atoms with Crippen molar-refractivity contribution in [2.45, 2.75) is 18.9 Å². The highest BCUT2D eigenvalue weighted by molar-refractivity contribution is 7.91. The standard InChI is InChI=1S/C15H22N2O4S/c1-21-14-4-2-12(3-5-14)6-8-16-15(18)10-17-13-7-9-22(19,20)11-13/h2-5,13,17H,6-11H2,1H3,(H,16,18). The third-order valence-electron chi connectivity index (χ3n) is 3.68. The smallest absolute Gasteiger partial charge is 0.233 e. The molecule has 0 aromatic heterocycles. The van der Waals surface area contributed by atoms with Crippen molar-refractivity contribution in [1.82, 2.24) is 10.6 Å². The first-order chi connectivity index (χ1) is 10.5. The van der Waals surface area contributed by atoms with Gasteiger partial charge < -0.3 is 15.4 Å². The number of benzene rings is 1. The lowest BCUT2D eigenvalue weighted by Crippen LogP contribution is -2.40. The van der Waals surface area contributed by atoms with E-state index >= 15 is 0 Å². The predicted octanol–water partition coefficient (Wildman–Crippen LogP) is 0.131. The van der Waals surface area contributed by atoms with Crippen LogP contribution in [-0.2, 0) is 21.1 Å². The van der Waals surface area contributed by atoms with Crippen LogP contribution in [0.1, 0.15) is 12.0 Å². The van der Waals surface area contributed by atoms with Gasteiger partial charge in [-0.1, -0.05) is 12.1 Å². The quantitative estimate of drug-likeness (QED) is 0.744. The minimum Gasteiger partial charge on any atom is -0.497 e. The van der Waals surface area contributed by atoms with E-state index in [0.717, 1.165) is 17.7 Å². The number of carbonyl (C=O) groups excluding carboxylic acids is 1. The topological polar surface area (TPSA) is 84.5 Å². The molecule has 1 atom stereocenters. The highest BCUT2D eigenvalue weighted by atomic mass is 32.2. The summed E-state index contributed by atoms with van der Waals surface area (Å²) in [5.74, 6) is 1.04. The van der Waals surface area contributed by atoms with Gasteiger partial charge in [-0.15, -0.1) is 0 Å². The summed E-state index contributed by atoms with van der Waals surface area (Å²) in [7, 11) is -1.28. The second-order valence-corrected chi connectivity index (χ2v) is 7.66. The third-order valence-corrected chi connectivity index (χ3v) is 5.45. The molecule has 1 aromatic carbocycles. The maximum atomic E-state index is 11.7. The van der Waals surface area contributed by atoms with E-state index < -0.39 is 9.84 Å². The van der Waals surface area contributed by atoms with Crippen molar-refractivity contribution in [3.63, 3.8) is 0 Å². The molecule has 122 valence electrons. The van der Waals surface area contributed by atoms with Gasteiger partial charge in [0.1, 0.15) is 5.75 Å². The Balaban J connectivity index is 1.63. The largest absolute Gasteiger partial charge is 0.497 e. The first kappa shape index (κ1) is 16.8. The van der Waals surface area contributed by atoms with Gasteiger partial charge >= 0.3 is 0 Å². The van der Waals surface area contributed by atoms with E-state index in [9.17, 15) is 13.2 Å². The molecule has 1 aliphatic heterocycles. The highest BCUT2D eigenvalue weighted by Gasteiger charge is 2.27. The fourth-order valence-corrected chi connectivity index (χ4v) is 4.10. The molecule has 22 heavy (non-hydrogen) atoms. The second-order valence-electron chi connectivity index (χ2n) is 5.43. The molecular weight excluding hydrogens is 304 g/mol. The summed E-state index contributed by atoms with van der Waals surface area (Å²) in [6.45, 7) is 0.707. The number of amides is 1. The molecule has 1 aliphatic rings. The Labute approximate surface area is 131 Å². The van der Waals surface area contributed by atoms with Gasteiger partial charge in [-0.25, -0.2) is 8.42 Å². The molecule has 0 saturated carbocycles. The highest BCUT2D eigenvalue weighted by Crippen LogP contribution is 2.11. The van der Waals surface area contributed by atoms with Crippen molar-refractivity contribution in [1.29, 1.82) is 0 Å². The number of hydrogen-bond acceptors (Lipinski definition) is 5. The number of carbonyl (C=O) groups is 1. The van der Waals surface area contributed by atoms with Crippen LogP contribution in [0.15, 0.2) is 24.3 Å². The second kappa shape index (κ2) is 7.60. The van der Waals surface area contributed by atoms with E-state index in [1.807, 2.05) is 24.3 Å². The van der Waals surface area contributed by atoms with E-state index in [0.29, 0.717) is 13.0 Å². The Morgan fingerprint density at radius 2 is 2.05 bits per heavy atom. The van der Waals surface area contributed by atoms with Gasteiger partial charge in [0.15, 0.2) is 9.84 Å². The van der Waals surface area contributed by atoms with E-state index in [2.05, 4.69) is 10.6 Å².